The first kappa shape index (κ1) is 15.0. The number of esters is 1. The normalized spacial score (nSPS) is 10.1. The molecule has 1 rings (SSSR count). The standard InChI is InChI=1S/C13H19N3O3/c1-16(2)8-7-14-13(18)15-11-6-4-5-10(9-11)12(17)19-3/h4-6,9H,7-8H2,1-3H3,(H2,14,15,18). The number of rotatable bonds is 5. The van der Waals surface area contributed by atoms with Gasteiger partial charge in [0.15, 0.2) is 0 Å². The number of nitrogens with one attached hydrogen (secondary N) is 2. The van der Waals surface area contributed by atoms with E-state index in [0.29, 0.717) is 17.8 Å². The van der Waals surface area contributed by atoms with Crippen molar-refractivity contribution in [2.24, 2.45) is 0 Å². The van der Waals surface area contributed by atoms with Crippen molar-refractivity contribution in [3.8, 4) is 0 Å². The molecule has 2 amide bonds. The summed E-state index contributed by atoms with van der Waals surface area (Å²) >= 11 is 0. The maximum Gasteiger partial charge on any atom is 0.337 e. The van der Waals surface area contributed by atoms with Crippen LogP contribution in [0.1, 0.15) is 10.4 Å². The molecule has 0 spiro atoms. The summed E-state index contributed by atoms with van der Waals surface area (Å²) in [4.78, 5) is 24.9. The maximum absolute atomic E-state index is 11.6. The quantitative estimate of drug-likeness (QED) is 0.784. The number of nitrogens with zero attached hydrogens (tertiary/aromatic N) is 1. The van der Waals surface area contributed by atoms with E-state index in [4.69, 9.17) is 0 Å². The first-order chi connectivity index (χ1) is 9.02. The topological polar surface area (TPSA) is 70.7 Å². The number of anilines is 1. The summed E-state index contributed by atoms with van der Waals surface area (Å²) in [6, 6.07) is 6.28. The fourth-order valence-electron chi connectivity index (χ4n) is 1.41. The summed E-state index contributed by atoms with van der Waals surface area (Å²) in [5, 5.41) is 5.38. The Labute approximate surface area is 112 Å². The van der Waals surface area contributed by atoms with Crippen LogP contribution in [-0.2, 0) is 4.74 Å². The first-order valence-corrected chi connectivity index (χ1v) is 5.91. The fourth-order valence-corrected chi connectivity index (χ4v) is 1.41. The van der Waals surface area contributed by atoms with Crippen molar-refractivity contribution in [2.45, 2.75) is 0 Å². The van der Waals surface area contributed by atoms with E-state index >= 15 is 0 Å². The molecule has 0 fully saturated rings. The van der Waals surface area contributed by atoms with Crippen LogP contribution < -0.4 is 10.6 Å². The molecular formula is C13H19N3O3. The Balaban J connectivity index is 2.52. The largest absolute Gasteiger partial charge is 0.465 e. The van der Waals surface area contributed by atoms with Gasteiger partial charge in [-0.05, 0) is 32.3 Å². The number of hydrogen-bond acceptors (Lipinski definition) is 4. The molecule has 0 heterocycles. The minimum absolute atomic E-state index is 0.302. The molecule has 1 aromatic rings. The van der Waals surface area contributed by atoms with E-state index in [-0.39, 0.29) is 6.03 Å². The molecule has 104 valence electrons. The summed E-state index contributed by atoms with van der Waals surface area (Å²) in [5.41, 5.74) is 0.943. The van der Waals surface area contributed by atoms with Crippen molar-refractivity contribution in [3.05, 3.63) is 29.8 Å². The molecule has 0 atom stereocenters. The highest BCUT2D eigenvalue weighted by Gasteiger charge is 2.07. The van der Waals surface area contributed by atoms with E-state index in [2.05, 4.69) is 15.4 Å². The highest BCUT2D eigenvalue weighted by Crippen LogP contribution is 2.11. The first-order valence-electron chi connectivity index (χ1n) is 5.91. The summed E-state index contributed by atoms with van der Waals surface area (Å²) in [7, 11) is 5.18. The van der Waals surface area contributed by atoms with Crippen LogP contribution in [0.4, 0.5) is 10.5 Å². The van der Waals surface area contributed by atoms with E-state index in [9.17, 15) is 9.59 Å². The number of benzene rings is 1. The molecule has 0 aliphatic heterocycles. The number of amides is 2. The summed E-state index contributed by atoms with van der Waals surface area (Å²) in [6.45, 7) is 1.31. The number of ether oxygens (including phenoxy) is 1. The van der Waals surface area contributed by atoms with Gasteiger partial charge in [-0.3, -0.25) is 0 Å². The van der Waals surface area contributed by atoms with Crippen LogP contribution >= 0.6 is 0 Å². The van der Waals surface area contributed by atoms with Crippen LogP contribution in [0, 0.1) is 0 Å². The second kappa shape index (κ2) is 7.38. The minimum Gasteiger partial charge on any atom is -0.465 e. The molecule has 19 heavy (non-hydrogen) atoms. The predicted octanol–water partition coefficient (Wildman–Crippen LogP) is 1.16. The lowest BCUT2D eigenvalue weighted by Crippen LogP contribution is -2.34. The van der Waals surface area contributed by atoms with Gasteiger partial charge in [-0.15, -0.1) is 0 Å². The molecule has 0 saturated carbocycles. The second-order valence-corrected chi connectivity index (χ2v) is 4.26. The summed E-state index contributed by atoms with van der Waals surface area (Å²) < 4.78 is 4.61. The lowest BCUT2D eigenvalue weighted by molar-refractivity contribution is 0.0600. The number of hydrogen-bond donors (Lipinski definition) is 2. The minimum atomic E-state index is -0.434. The second-order valence-electron chi connectivity index (χ2n) is 4.26. The SMILES string of the molecule is COC(=O)c1cccc(NC(=O)NCCN(C)C)c1. The average Bonchev–Trinajstić information content (AvgIpc) is 2.37. The lowest BCUT2D eigenvalue weighted by atomic mass is 10.2. The zero-order valence-corrected chi connectivity index (χ0v) is 11.4. The van der Waals surface area contributed by atoms with Crippen molar-refractivity contribution in [2.75, 3.05) is 39.6 Å². The van der Waals surface area contributed by atoms with Gasteiger partial charge in [-0.2, -0.15) is 0 Å². The molecular weight excluding hydrogens is 246 g/mol. The molecule has 6 nitrogen and oxygen atoms in total. The van der Waals surface area contributed by atoms with E-state index < -0.39 is 5.97 Å². The van der Waals surface area contributed by atoms with Gasteiger partial charge in [-0.25, -0.2) is 9.59 Å². The van der Waals surface area contributed by atoms with E-state index in [0.717, 1.165) is 6.54 Å². The van der Waals surface area contributed by atoms with Crippen LogP contribution in [0.5, 0.6) is 0 Å². The molecule has 6 heteroatoms. The molecule has 0 saturated heterocycles. The average molecular weight is 265 g/mol. The maximum atomic E-state index is 11.6. The number of methoxy groups -OCH3 is 1. The molecule has 0 unspecified atom stereocenters. The van der Waals surface area contributed by atoms with Crippen molar-refractivity contribution in [3.63, 3.8) is 0 Å². The molecule has 0 bridgehead atoms. The fraction of sp³-hybridized carbons (Fsp3) is 0.385. The zero-order valence-electron chi connectivity index (χ0n) is 11.4. The molecule has 2 N–H and O–H groups in total. The summed E-state index contributed by atoms with van der Waals surface area (Å²) in [6.07, 6.45) is 0. The zero-order chi connectivity index (χ0) is 14.3. The van der Waals surface area contributed by atoms with Crippen LogP contribution in [0.3, 0.4) is 0 Å². The number of carbonyl (C=O) groups is 2. The third-order valence-electron chi connectivity index (χ3n) is 2.39. The van der Waals surface area contributed by atoms with E-state index in [1.165, 1.54) is 7.11 Å². The Bertz CT molecular complexity index is 447. The molecule has 0 aromatic heterocycles. The Kier molecular flexibility index (Phi) is 5.81. The van der Waals surface area contributed by atoms with Crippen molar-refractivity contribution < 1.29 is 14.3 Å². The van der Waals surface area contributed by atoms with Crippen molar-refractivity contribution in [1.82, 2.24) is 10.2 Å². The Morgan fingerprint density at radius 1 is 1.32 bits per heavy atom. The van der Waals surface area contributed by atoms with Crippen molar-refractivity contribution in [1.29, 1.82) is 0 Å². The van der Waals surface area contributed by atoms with Crippen LogP contribution in [-0.4, -0.2) is 51.2 Å². The third kappa shape index (κ3) is 5.39. The van der Waals surface area contributed by atoms with Gasteiger partial charge in [0, 0.05) is 18.8 Å². The molecule has 0 aliphatic carbocycles. The number of carbonyl (C=O) groups excluding carboxylic acids is 2. The van der Waals surface area contributed by atoms with Gasteiger partial charge in [0.2, 0.25) is 0 Å². The third-order valence-corrected chi connectivity index (χ3v) is 2.39. The Morgan fingerprint density at radius 3 is 2.68 bits per heavy atom. The monoisotopic (exact) mass is 265 g/mol. The molecule has 0 radical (unpaired) electrons. The van der Waals surface area contributed by atoms with Gasteiger partial charge in [0.1, 0.15) is 0 Å². The lowest BCUT2D eigenvalue weighted by Gasteiger charge is -2.11. The smallest absolute Gasteiger partial charge is 0.337 e. The Hall–Kier alpha value is -2.08. The van der Waals surface area contributed by atoms with Gasteiger partial charge in [-0.1, -0.05) is 6.07 Å². The number of urea groups is 1. The van der Waals surface area contributed by atoms with E-state index in [1.54, 1.807) is 24.3 Å². The van der Waals surface area contributed by atoms with Gasteiger partial charge < -0.3 is 20.3 Å². The van der Waals surface area contributed by atoms with Crippen molar-refractivity contribution >= 4 is 17.7 Å². The predicted molar refractivity (Wildman–Crippen MR) is 73.4 cm³/mol. The summed E-state index contributed by atoms with van der Waals surface area (Å²) in [5.74, 6) is -0.434. The molecule has 1 aromatic carbocycles. The van der Waals surface area contributed by atoms with Gasteiger partial charge in [0.05, 0.1) is 12.7 Å². The van der Waals surface area contributed by atoms with E-state index in [1.807, 2.05) is 19.0 Å². The highest BCUT2D eigenvalue weighted by atomic mass is 16.5. The van der Waals surface area contributed by atoms with Crippen LogP contribution in [0.2, 0.25) is 0 Å². The van der Waals surface area contributed by atoms with Crippen LogP contribution in [0.25, 0.3) is 0 Å². The highest BCUT2D eigenvalue weighted by molar-refractivity contribution is 5.93. The van der Waals surface area contributed by atoms with Gasteiger partial charge >= 0.3 is 12.0 Å². The van der Waals surface area contributed by atoms with Gasteiger partial charge in [0.25, 0.3) is 0 Å². The molecule has 0 aliphatic rings. The van der Waals surface area contributed by atoms with Crippen LogP contribution in [0.15, 0.2) is 24.3 Å². The Morgan fingerprint density at radius 2 is 2.05 bits per heavy atom. The number of likely N-dealkylation sites (N-methyl/N-ethyl adjacent to an activating group) is 1.